The van der Waals surface area contributed by atoms with Crippen LogP contribution in [-0.2, 0) is 11.2 Å². The zero-order valence-electron chi connectivity index (χ0n) is 17.3. The Morgan fingerprint density at radius 3 is 2.00 bits per heavy atom. The lowest BCUT2D eigenvalue weighted by Gasteiger charge is -2.24. The fourth-order valence-corrected chi connectivity index (χ4v) is 2.76. The third kappa shape index (κ3) is 5.55. The van der Waals surface area contributed by atoms with Crippen molar-refractivity contribution in [3.63, 3.8) is 0 Å². The van der Waals surface area contributed by atoms with Gasteiger partial charge in [-0.1, -0.05) is 30.3 Å². The molecular weight excluding hydrogens is 435 g/mol. The lowest BCUT2D eigenvalue weighted by atomic mass is 9.97. The number of allylic oxidation sites excluding steroid dienone is 1. The van der Waals surface area contributed by atoms with Crippen LogP contribution in [0.2, 0.25) is 0 Å². The van der Waals surface area contributed by atoms with E-state index in [-0.39, 0.29) is 6.42 Å². The third-order valence-electron chi connectivity index (χ3n) is 4.13. The van der Waals surface area contributed by atoms with E-state index in [1.165, 1.54) is 6.07 Å². The molecule has 0 unspecified atom stereocenters. The molecule has 32 heavy (non-hydrogen) atoms. The SMILES string of the molecule is CC(C)(C)OC(=O)N[C@@H](Cc1ccccc1)/C(O)=C(\C#N)c1c(F)c(F)c(F)c(F)c1F. The number of alkyl carbamates (subject to hydrolysis) is 1. The summed E-state index contributed by atoms with van der Waals surface area (Å²) in [7, 11) is 0. The molecule has 0 heterocycles. The Balaban J connectivity index is 2.62. The first-order valence-corrected chi connectivity index (χ1v) is 9.25. The lowest BCUT2D eigenvalue weighted by molar-refractivity contribution is 0.0502. The van der Waals surface area contributed by atoms with Gasteiger partial charge in [0.15, 0.2) is 23.3 Å². The second-order valence-electron chi connectivity index (χ2n) is 7.71. The molecule has 170 valence electrons. The number of aliphatic hydroxyl groups excluding tert-OH is 1. The number of carbonyl (C=O) groups is 1. The summed E-state index contributed by atoms with van der Waals surface area (Å²) < 4.78 is 74.2. The van der Waals surface area contributed by atoms with Gasteiger partial charge in [0.1, 0.15) is 23.0 Å². The smallest absolute Gasteiger partial charge is 0.408 e. The molecule has 2 N–H and O–H groups in total. The lowest BCUT2D eigenvalue weighted by Crippen LogP contribution is -2.41. The quantitative estimate of drug-likeness (QED) is 0.211. The molecule has 0 saturated heterocycles. The summed E-state index contributed by atoms with van der Waals surface area (Å²) in [6, 6.07) is 7.93. The molecule has 0 radical (unpaired) electrons. The largest absolute Gasteiger partial charge is 0.509 e. The molecule has 2 aromatic carbocycles. The zero-order chi connectivity index (χ0) is 24.2. The number of rotatable bonds is 5. The second kappa shape index (κ2) is 9.68. The number of benzene rings is 2. The monoisotopic (exact) mass is 454 g/mol. The van der Waals surface area contributed by atoms with Gasteiger partial charge in [0.2, 0.25) is 5.82 Å². The molecule has 2 aromatic rings. The summed E-state index contributed by atoms with van der Waals surface area (Å²) in [6.07, 6.45) is -1.23. The number of nitriles is 1. The van der Waals surface area contributed by atoms with E-state index in [0.717, 1.165) is 0 Å². The van der Waals surface area contributed by atoms with Gasteiger partial charge in [0.05, 0.1) is 11.6 Å². The van der Waals surface area contributed by atoms with E-state index >= 15 is 0 Å². The van der Waals surface area contributed by atoms with E-state index in [2.05, 4.69) is 5.32 Å². The van der Waals surface area contributed by atoms with E-state index in [9.17, 15) is 37.1 Å². The Labute approximate surface area is 180 Å². The van der Waals surface area contributed by atoms with Crippen LogP contribution in [0.3, 0.4) is 0 Å². The Hall–Kier alpha value is -3.61. The van der Waals surface area contributed by atoms with Crippen LogP contribution >= 0.6 is 0 Å². The van der Waals surface area contributed by atoms with Crippen LogP contribution in [-0.4, -0.2) is 22.8 Å². The standard InChI is InChI=1S/C22H19F5N2O3/c1-22(2,3)32-21(31)29-13(9-11-7-5-4-6-8-11)20(30)12(10-28)14-15(23)17(25)19(27)18(26)16(14)24/h4-8,13,30H,9H2,1-3H3,(H,29,31)/b20-12-/t13-/m0/s1. The Morgan fingerprint density at radius 1 is 1.03 bits per heavy atom. The van der Waals surface area contributed by atoms with Gasteiger partial charge in [-0.3, -0.25) is 0 Å². The molecular formula is C22H19F5N2O3. The maximum atomic E-state index is 14.2. The number of amides is 1. The van der Waals surface area contributed by atoms with Crippen molar-refractivity contribution in [2.75, 3.05) is 0 Å². The summed E-state index contributed by atoms with van der Waals surface area (Å²) in [6.45, 7) is 4.68. The number of halogens is 5. The van der Waals surface area contributed by atoms with Crippen molar-refractivity contribution in [1.29, 1.82) is 5.26 Å². The van der Waals surface area contributed by atoms with Crippen molar-refractivity contribution >= 4 is 11.7 Å². The van der Waals surface area contributed by atoms with E-state index in [1.807, 2.05) is 0 Å². The van der Waals surface area contributed by atoms with Gasteiger partial charge in [0, 0.05) is 6.42 Å². The maximum absolute atomic E-state index is 14.2. The van der Waals surface area contributed by atoms with Gasteiger partial charge >= 0.3 is 6.09 Å². The normalized spacial score (nSPS) is 13.1. The van der Waals surface area contributed by atoms with Crippen LogP contribution in [0.5, 0.6) is 0 Å². The minimum Gasteiger partial charge on any atom is -0.509 e. The van der Waals surface area contributed by atoms with E-state index < -0.39 is 63.7 Å². The topological polar surface area (TPSA) is 82.3 Å². The third-order valence-corrected chi connectivity index (χ3v) is 4.13. The molecule has 10 heteroatoms. The van der Waals surface area contributed by atoms with Gasteiger partial charge in [-0.25, -0.2) is 26.7 Å². The minimum absolute atomic E-state index is 0.188. The maximum Gasteiger partial charge on any atom is 0.408 e. The molecule has 0 aliphatic carbocycles. The van der Waals surface area contributed by atoms with Crippen LogP contribution in [0.4, 0.5) is 26.7 Å². The van der Waals surface area contributed by atoms with Crippen LogP contribution in [0, 0.1) is 40.4 Å². The van der Waals surface area contributed by atoms with Gasteiger partial charge in [-0.2, -0.15) is 5.26 Å². The first kappa shape index (κ1) is 24.7. The number of ether oxygens (including phenoxy) is 1. The van der Waals surface area contributed by atoms with E-state index in [0.29, 0.717) is 5.56 Å². The summed E-state index contributed by atoms with van der Waals surface area (Å²) in [5, 5.41) is 22.3. The van der Waals surface area contributed by atoms with Crippen molar-refractivity contribution in [2.45, 2.75) is 38.8 Å². The van der Waals surface area contributed by atoms with Gasteiger partial charge in [-0.05, 0) is 26.3 Å². The molecule has 2 rings (SSSR count). The number of nitrogens with zero attached hydrogens (tertiary/aromatic N) is 1. The van der Waals surface area contributed by atoms with Crippen molar-refractivity contribution in [2.24, 2.45) is 0 Å². The number of carbonyl (C=O) groups excluding carboxylic acids is 1. The molecule has 0 aliphatic heterocycles. The summed E-state index contributed by atoms with van der Waals surface area (Å²) in [4.78, 5) is 12.2. The van der Waals surface area contributed by atoms with Crippen molar-refractivity contribution in [3.05, 3.63) is 76.3 Å². The van der Waals surface area contributed by atoms with Gasteiger partial charge in [0.25, 0.3) is 0 Å². The highest BCUT2D eigenvalue weighted by atomic mass is 19.2. The fraction of sp³-hybridized carbons (Fsp3) is 0.273. The summed E-state index contributed by atoms with van der Waals surface area (Å²) >= 11 is 0. The fourth-order valence-electron chi connectivity index (χ4n) is 2.76. The first-order chi connectivity index (χ1) is 14.9. The van der Waals surface area contributed by atoms with Crippen molar-refractivity contribution in [3.8, 4) is 6.07 Å². The number of hydrogen-bond donors (Lipinski definition) is 2. The number of aliphatic hydroxyl groups is 1. The van der Waals surface area contributed by atoms with Crippen LogP contribution in [0.25, 0.3) is 5.57 Å². The van der Waals surface area contributed by atoms with E-state index in [1.54, 1.807) is 51.1 Å². The molecule has 0 fully saturated rings. The molecule has 0 aliphatic rings. The predicted octanol–water partition coefficient (Wildman–Crippen LogP) is 5.31. The highest BCUT2D eigenvalue weighted by molar-refractivity contribution is 5.80. The van der Waals surface area contributed by atoms with Crippen LogP contribution < -0.4 is 5.32 Å². The second-order valence-corrected chi connectivity index (χ2v) is 7.71. The molecule has 0 bridgehead atoms. The Morgan fingerprint density at radius 2 is 1.53 bits per heavy atom. The summed E-state index contributed by atoms with van der Waals surface area (Å²) in [5.41, 5.74) is -3.25. The average Bonchev–Trinajstić information content (AvgIpc) is 2.72. The average molecular weight is 454 g/mol. The van der Waals surface area contributed by atoms with Crippen molar-refractivity contribution in [1.82, 2.24) is 5.32 Å². The minimum atomic E-state index is -2.41. The number of hydrogen-bond acceptors (Lipinski definition) is 4. The van der Waals surface area contributed by atoms with Gasteiger partial charge < -0.3 is 15.2 Å². The predicted molar refractivity (Wildman–Crippen MR) is 105 cm³/mol. The van der Waals surface area contributed by atoms with Crippen LogP contribution in [0.1, 0.15) is 31.9 Å². The number of nitrogens with one attached hydrogen (secondary N) is 1. The summed E-state index contributed by atoms with van der Waals surface area (Å²) in [5.74, 6) is -12.7. The molecule has 0 saturated carbocycles. The molecule has 0 spiro atoms. The molecule has 5 nitrogen and oxygen atoms in total. The Bertz CT molecular complexity index is 1060. The van der Waals surface area contributed by atoms with Crippen molar-refractivity contribution < 1.29 is 36.6 Å². The molecule has 0 aromatic heterocycles. The van der Waals surface area contributed by atoms with Crippen LogP contribution in [0.15, 0.2) is 36.1 Å². The Kier molecular flexibility index (Phi) is 7.46. The highest BCUT2D eigenvalue weighted by Crippen LogP contribution is 2.30. The van der Waals surface area contributed by atoms with Gasteiger partial charge in [-0.15, -0.1) is 0 Å². The zero-order valence-corrected chi connectivity index (χ0v) is 17.3. The molecule has 1 atom stereocenters. The van der Waals surface area contributed by atoms with E-state index in [4.69, 9.17) is 4.74 Å². The highest BCUT2D eigenvalue weighted by Gasteiger charge is 2.32. The molecule has 1 amide bonds. The first-order valence-electron chi connectivity index (χ1n) is 9.25.